The van der Waals surface area contributed by atoms with Crippen LogP contribution in [0.25, 0.3) is 0 Å². The maximum atomic E-state index is 12.6. The van der Waals surface area contributed by atoms with Gasteiger partial charge < -0.3 is 19.3 Å². The summed E-state index contributed by atoms with van der Waals surface area (Å²) >= 11 is 0. The quantitative estimate of drug-likeness (QED) is 0.713. The molecular formula is C25H32N2O4. The molecule has 6 heteroatoms. The van der Waals surface area contributed by atoms with E-state index < -0.39 is 0 Å². The molecule has 0 unspecified atom stereocenters. The molecule has 3 rings (SSSR count). The molecule has 0 spiro atoms. The van der Waals surface area contributed by atoms with E-state index in [0.717, 1.165) is 28.9 Å². The molecule has 2 amide bonds. The van der Waals surface area contributed by atoms with Gasteiger partial charge in [0.25, 0.3) is 11.8 Å². The summed E-state index contributed by atoms with van der Waals surface area (Å²) in [6, 6.07) is 11.7. The summed E-state index contributed by atoms with van der Waals surface area (Å²) in [5.74, 6) is 1.32. The van der Waals surface area contributed by atoms with Crippen molar-refractivity contribution in [1.29, 1.82) is 0 Å². The smallest absolute Gasteiger partial charge is 0.260 e. The fourth-order valence-corrected chi connectivity index (χ4v) is 3.65. The molecule has 0 aliphatic carbocycles. The van der Waals surface area contributed by atoms with Gasteiger partial charge in [-0.2, -0.15) is 0 Å². The Balaban J connectivity index is 1.46. The highest BCUT2D eigenvalue weighted by atomic mass is 16.5. The zero-order valence-corrected chi connectivity index (χ0v) is 18.9. The van der Waals surface area contributed by atoms with Crippen molar-refractivity contribution in [3.8, 4) is 11.5 Å². The van der Waals surface area contributed by atoms with Crippen molar-refractivity contribution in [3.63, 3.8) is 0 Å². The number of amides is 2. The molecule has 0 bridgehead atoms. The van der Waals surface area contributed by atoms with Crippen LogP contribution in [0.15, 0.2) is 36.4 Å². The van der Waals surface area contributed by atoms with Crippen LogP contribution < -0.4 is 9.47 Å². The van der Waals surface area contributed by atoms with Crippen LogP contribution in [-0.2, 0) is 9.59 Å². The maximum Gasteiger partial charge on any atom is 0.260 e. The molecule has 0 saturated carbocycles. The number of carbonyl (C=O) groups is 2. The third-order valence-corrected chi connectivity index (χ3v) is 5.72. The molecule has 1 heterocycles. The zero-order valence-electron chi connectivity index (χ0n) is 18.9. The minimum Gasteiger partial charge on any atom is -0.484 e. The number of ether oxygens (including phenoxy) is 2. The van der Waals surface area contributed by atoms with Crippen LogP contribution in [0.2, 0.25) is 0 Å². The summed E-state index contributed by atoms with van der Waals surface area (Å²) in [7, 11) is 0. The Kier molecular flexibility index (Phi) is 7.55. The normalized spacial score (nSPS) is 14.2. The van der Waals surface area contributed by atoms with E-state index >= 15 is 0 Å². The second-order valence-corrected chi connectivity index (χ2v) is 8.21. The SMILES string of the molecule is Cc1ccc(OCC(=O)N2CCCN(C(=O)COc3ccc(C)c(C)c3)CC2)c(C)c1. The molecule has 0 atom stereocenters. The van der Waals surface area contributed by atoms with Gasteiger partial charge >= 0.3 is 0 Å². The highest BCUT2D eigenvalue weighted by Gasteiger charge is 2.22. The molecule has 6 nitrogen and oxygen atoms in total. The molecule has 1 aliphatic rings. The third kappa shape index (κ3) is 6.23. The lowest BCUT2D eigenvalue weighted by Crippen LogP contribution is -2.40. The molecule has 2 aromatic rings. The van der Waals surface area contributed by atoms with Crippen LogP contribution >= 0.6 is 0 Å². The van der Waals surface area contributed by atoms with Crippen molar-refractivity contribution in [2.45, 2.75) is 34.1 Å². The largest absolute Gasteiger partial charge is 0.484 e. The number of aryl methyl sites for hydroxylation is 4. The van der Waals surface area contributed by atoms with Crippen LogP contribution in [-0.4, -0.2) is 61.0 Å². The number of hydrogen-bond acceptors (Lipinski definition) is 4. The summed E-state index contributed by atoms with van der Waals surface area (Å²) in [6.07, 6.45) is 0.741. The number of rotatable bonds is 6. The third-order valence-electron chi connectivity index (χ3n) is 5.72. The Labute approximate surface area is 184 Å². The molecule has 2 aromatic carbocycles. The summed E-state index contributed by atoms with van der Waals surface area (Å²) in [5.41, 5.74) is 4.51. The standard InChI is InChI=1S/C25H32N2O4/c1-18-6-9-23(21(4)14-18)31-17-25(29)27-11-5-10-26(12-13-27)24(28)16-30-22-8-7-19(2)20(3)15-22/h6-9,14-15H,5,10-13,16-17H2,1-4H3. The van der Waals surface area contributed by atoms with Gasteiger partial charge in [0.2, 0.25) is 0 Å². The first-order valence-corrected chi connectivity index (χ1v) is 10.8. The van der Waals surface area contributed by atoms with Crippen molar-refractivity contribution in [1.82, 2.24) is 9.80 Å². The molecule has 1 saturated heterocycles. The van der Waals surface area contributed by atoms with Crippen LogP contribution in [0.5, 0.6) is 11.5 Å². The predicted octanol–water partition coefficient (Wildman–Crippen LogP) is 3.44. The van der Waals surface area contributed by atoms with E-state index in [0.29, 0.717) is 31.9 Å². The van der Waals surface area contributed by atoms with Crippen LogP contribution in [0.3, 0.4) is 0 Å². The Bertz CT molecular complexity index is 941. The molecule has 0 radical (unpaired) electrons. The number of nitrogens with zero attached hydrogens (tertiary/aromatic N) is 2. The Morgan fingerprint density at radius 3 is 2.00 bits per heavy atom. The number of carbonyl (C=O) groups excluding carboxylic acids is 2. The van der Waals surface area contributed by atoms with E-state index in [1.807, 2.05) is 64.1 Å². The van der Waals surface area contributed by atoms with Gasteiger partial charge in [0, 0.05) is 26.2 Å². The summed E-state index contributed by atoms with van der Waals surface area (Å²) in [5, 5.41) is 0. The summed E-state index contributed by atoms with van der Waals surface area (Å²) in [4.78, 5) is 28.8. The molecule has 0 aromatic heterocycles. The van der Waals surface area contributed by atoms with Crippen LogP contribution in [0.4, 0.5) is 0 Å². The van der Waals surface area contributed by atoms with E-state index in [2.05, 4.69) is 0 Å². The van der Waals surface area contributed by atoms with Gasteiger partial charge in [0.15, 0.2) is 13.2 Å². The topological polar surface area (TPSA) is 59.1 Å². The van der Waals surface area contributed by atoms with Gasteiger partial charge in [-0.05, 0) is 69.0 Å². The van der Waals surface area contributed by atoms with Crippen molar-refractivity contribution < 1.29 is 19.1 Å². The van der Waals surface area contributed by atoms with Crippen molar-refractivity contribution >= 4 is 11.8 Å². The Morgan fingerprint density at radius 2 is 1.39 bits per heavy atom. The molecule has 0 N–H and O–H groups in total. The Morgan fingerprint density at radius 1 is 0.742 bits per heavy atom. The monoisotopic (exact) mass is 424 g/mol. The van der Waals surface area contributed by atoms with Crippen molar-refractivity contribution in [2.75, 3.05) is 39.4 Å². The van der Waals surface area contributed by atoms with Gasteiger partial charge in [-0.3, -0.25) is 9.59 Å². The van der Waals surface area contributed by atoms with Crippen molar-refractivity contribution in [2.24, 2.45) is 0 Å². The predicted molar refractivity (Wildman–Crippen MR) is 121 cm³/mol. The van der Waals surface area contributed by atoms with E-state index in [-0.39, 0.29) is 25.0 Å². The molecule has 1 fully saturated rings. The lowest BCUT2D eigenvalue weighted by atomic mass is 10.1. The van der Waals surface area contributed by atoms with Gasteiger partial charge in [0.1, 0.15) is 11.5 Å². The van der Waals surface area contributed by atoms with Crippen molar-refractivity contribution in [3.05, 3.63) is 58.7 Å². The van der Waals surface area contributed by atoms with Crippen LogP contribution in [0.1, 0.15) is 28.7 Å². The Hall–Kier alpha value is -3.02. The van der Waals surface area contributed by atoms with E-state index in [1.54, 1.807) is 9.80 Å². The van der Waals surface area contributed by atoms with Crippen LogP contribution in [0, 0.1) is 27.7 Å². The lowest BCUT2D eigenvalue weighted by molar-refractivity contribution is -0.135. The van der Waals surface area contributed by atoms with E-state index in [4.69, 9.17) is 9.47 Å². The fourth-order valence-electron chi connectivity index (χ4n) is 3.65. The fraction of sp³-hybridized carbons (Fsp3) is 0.440. The molecule has 31 heavy (non-hydrogen) atoms. The van der Waals surface area contributed by atoms with Gasteiger partial charge in [0.05, 0.1) is 0 Å². The second kappa shape index (κ2) is 10.3. The number of benzene rings is 2. The summed E-state index contributed by atoms with van der Waals surface area (Å²) in [6.45, 7) is 10.3. The minimum absolute atomic E-state index is 0.00621. The average Bonchev–Trinajstić information content (AvgIpc) is 3.00. The van der Waals surface area contributed by atoms with E-state index in [9.17, 15) is 9.59 Å². The highest BCUT2D eigenvalue weighted by Crippen LogP contribution is 2.19. The second-order valence-electron chi connectivity index (χ2n) is 8.21. The first-order valence-electron chi connectivity index (χ1n) is 10.8. The summed E-state index contributed by atoms with van der Waals surface area (Å²) < 4.78 is 11.4. The first-order chi connectivity index (χ1) is 14.8. The maximum absolute atomic E-state index is 12.6. The average molecular weight is 425 g/mol. The first kappa shape index (κ1) is 22.7. The number of hydrogen-bond donors (Lipinski definition) is 0. The lowest BCUT2D eigenvalue weighted by Gasteiger charge is -2.22. The van der Waals surface area contributed by atoms with Gasteiger partial charge in [-0.1, -0.05) is 23.8 Å². The van der Waals surface area contributed by atoms with E-state index in [1.165, 1.54) is 5.56 Å². The zero-order chi connectivity index (χ0) is 22.4. The molecule has 1 aliphatic heterocycles. The highest BCUT2D eigenvalue weighted by molar-refractivity contribution is 5.79. The van der Waals surface area contributed by atoms with Gasteiger partial charge in [-0.15, -0.1) is 0 Å². The molecular weight excluding hydrogens is 392 g/mol. The van der Waals surface area contributed by atoms with Gasteiger partial charge in [-0.25, -0.2) is 0 Å². The minimum atomic E-state index is -0.0564. The molecule has 166 valence electrons.